The van der Waals surface area contributed by atoms with Crippen molar-refractivity contribution in [2.24, 2.45) is 0 Å². The first kappa shape index (κ1) is 19.2. The second-order valence-corrected chi connectivity index (χ2v) is 6.78. The topological polar surface area (TPSA) is 68.0 Å². The summed E-state index contributed by atoms with van der Waals surface area (Å²) in [7, 11) is 0. The van der Waals surface area contributed by atoms with Crippen LogP contribution in [0.15, 0.2) is 41.8 Å². The van der Waals surface area contributed by atoms with E-state index in [0.717, 1.165) is 16.6 Å². The van der Waals surface area contributed by atoms with Crippen molar-refractivity contribution >= 4 is 22.8 Å². The van der Waals surface area contributed by atoms with Crippen LogP contribution >= 0.6 is 11.3 Å². The molecule has 0 aliphatic heterocycles. The van der Waals surface area contributed by atoms with Crippen LogP contribution in [0.1, 0.15) is 23.5 Å². The van der Waals surface area contributed by atoms with Crippen LogP contribution in [0.25, 0.3) is 16.2 Å². The van der Waals surface area contributed by atoms with Crippen LogP contribution in [0, 0.1) is 0 Å². The zero-order valence-electron chi connectivity index (χ0n) is 14.4. The van der Waals surface area contributed by atoms with E-state index in [1.165, 1.54) is 29.5 Å². The summed E-state index contributed by atoms with van der Waals surface area (Å²) in [6.07, 6.45) is -7.20. The van der Waals surface area contributed by atoms with Crippen molar-refractivity contribution in [1.29, 1.82) is 0 Å². The SMILES string of the molecule is FC(F)c1nnc2ccc(NCc3csc(-c4ccc(C(F)(F)F)cc4)n3)nn12. The van der Waals surface area contributed by atoms with Gasteiger partial charge in [-0.15, -0.1) is 26.6 Å². The summed E-state index contributed by atoms with van der Waals surface area (Å²) in [6.45, 7) is 0.252. The van der Waals surface area contributed by atoms with Crippen molar-refractivity contribution in [3.05, 3.63) is 58.9 Å². The lowest BCUT2D eigenvalue weighted by atomic mass is 10.1. The van der Waals surface area contributed by atoms with Gasteiger partial charge in [0, 0.05) is 10.9 Å². The highest BCUT2D eigenvalue weighted by Crippen LogP contribution is 2.31. The summed E-state index contributed by atoms with van der Waals surface area (Å²) in [6, 6.07) is 7.82. The molecule has 0 fully saturated rings. The van der Waals surface area contributed by atoms with Gasteiger partial charge in [-0.05, 0) is 24.3 Å². The Hall–Kier alpha value is -3.15. The summed E-state index contributed by atoms with van der Waals surface area (Å²) in [5.74, 6) is -0.231. The number of rotatable bonds is 5. The molecule has 29 heavy (non-hydrogen) atoms. The molecule has 0 spiro atoms. The Morgan fingerprint density at radius 2 is 1.79 bits per heavy atom. The Morgan fingerprint density at radius 1 is 1.03 bits per heavy atom. The normalized spacial score (nSPS) is 12.1. The van der Waals surface area contributed by atoms with Gasteiger partial charge in [-0.2, -0.15) is 17.7 Å². The van der Waals surface area contributed by atoms with E-state index in [0.29, 0.717) is 22.1 Å². The molecular formula is C17H11F5N6S. The number of nitrogens with one attached hydrogen (secondary N) is 1. The summed E-state index contributed by atoms with van der Waals surface area (Å²) >= 11 is 1.28. The second kappa shape index (κ2) is 7.35. The molecule has 3 heterocycles. The average molecular weight is 426 g/mol. The standard InChI is InChI=1S/C17H11F5N6S/c18-14(19)15-26-25-13-6-5-12(27-28(13)15)23-7-11-8-29-16(24-11)9-1-3-10(4-2-9)17(20,21)22/h1-6,8,14H,7H2,(H,23,27). The van der Waals surface area contributed by atoms with Crippen molar-refractivity contribution in [2.75, 3.05) is 5.32 Å². The van der Waals surface area contributed by atoms with Gasteiger partial charge < -0.3 is 5.32 Å². The molecule has 0 saturated heterocycles. The lowest BCUT2D eigenvalue weighted by Crippen LogP contribution is -2.06. The molecule has 0 saturated carbocycles. The zero-order chi connectivity index (χ0) is 20.6. The Kier molecular flexibility index (Phi) is 4.86. The Labute approximate surface area is 164 Å². The monoisotopic (exact) mass is 426 g/mol. The third kappa shape index (κ3) is 4.01. The molecule has 1 N–H and O–H groups in total. The van der Waals surface area contributed by atoms with Crippen LogP contribution in [0.2, 0.25) is 0 Å². The van der Waals surface area contributed by atoms with E-state index in [-0.39, 0.29) is 12.2 Å². The molecule has 3 aromatic heterocycles. The van der Waals surface area contributed by atoms with Crippen molar-refractivity contribution < 1.29 is 22.0 Å². The number of hydrogen-bond donors (Lipinski definition) is 1. The maximum atomic E-state index is 12.9. The highest BCUT2D eigenvalue weighted by atomic mass is 32.1. The molecule has 1 aromatic carbocycles. The summed E-state index contributed by atoms with van der Waals surface area (Å²) in [5.41, 5.74) is 0.673. The Bertz CT molecular complexity index is 1140. The third-order valence-electron chi connectivity index (χ3n) is 3.94. The maximum absolute atomic E-state index is 12.9. The largest absolute Gasteiger partial charge is 0.416 e. The lowest BCUT2D eigenvalue weighted by Gasteiger charge is -2.06. The molecule has 0 radical (unpaired) electrons. The van der Waals surface area contributed by atoms with E-state index in [1.807, 2.05) is 0 Å². The number of halogens is 5. The fraction of sp³-hybridized carbons (Fsp3) is 0.176. The molecule has 4 aromatic rings. The van der Waals surface area contributed by atoms with E-state index >= 15 is 0 Å². The lowest BCUT2D eigenvalue weighted by molar-refractivity contribution is -0.137. The number of fused-ring (bicyclic) bond motifs is 1. The van der Waals surface area contributed by atoms with Gasteiger partial charge in [0.05, 0.1) is 17.8 Å². The van der Waals surface area contributed by atoms with E-state index in [4.69, 9.17) is 0 Å². The van der Waals surface area contributed by atoms with E-state index in [9.17, 15) is 22.0 Å². The number of nitrogens with zero attached hydrogens (tertiary/aromatic N) is 5. The molecule has 0 unspecified atom stereocenters. The maximum Gasteiger partial charge on any atom is 0.416 e. The Balaban J connectivity index is 1.47. The fourth-order valence-electron chi connectivity index (χ4n) is 2.54. The molecule has 6 nitrogen and oxygen atoms in total. The first-order chi connectivity index (χ1) is 13.8. The highest BCUT2D eigenvalue weighted by molar-refractivity contribution is 7.13. The average Bonchev–Trinajstić information content (AvgIpc) is 3.32. The number of hydrogen-bond acceptors (Lipinski definition) is 6. The molecule has 12 heteroatoms. The van der Waals surface area contributed by atoms with Crippen molar-refractivity contribution in [2.45, 2.75) is 19.1 Å². The minimum absolute atomic E-state index is 0.198. The minimum atomic E-state index is -4.39. The van der Waals surface area contributed by atoms with Crippen LogP contribution in [0.3, 0.4) is 0 Å². The molecule has 0 aliphatic carbocycles. The van der Waals surface area contributed by atoms with Crippen LogP contribution in [-0.4, -0.2) is 24.8 Å². The molecular weight excluding hydrogens is 415 g/mol. The molecule has 0 amide bonds. The van der Waals surface area contributed by atoms with Gasteiger partial charge in [-0.1, -0.05) is 12.1 Å². The van der Waals surface area contributed by atoms with Crippen LogP contribution < -0.4 is 5.32 Å². The van der Waals surface area contributed by atoms with Crippen LogP contribution in [0.5, 0.6) is 0 Å². The third-order valence-corrected chi connectivity index (χ3v) is 4.88. The van der Waals surface area contributed by atoms with Gasteiger partial charge in [0.25, 0.3) is 6.43 Å². The number of aromatic nitrogens is 5. The van der Waals surface area contributed by atoms with Gasteiger partial charge in [0.15, 0.2) is 5.65 Å². The first-order valence-electron chi connectivity index (χ1n) is 8.17. The Morgan fingerprint density at radius 3 is 2.48 bits per heavy atom. The zero-order valence-corrected chi connectivity index (χ0v) is 15.2. The molecule has 4 rings (SSSR count). The van der Waals surface area contributed by atoms with Gasteiger partial charge in [-0.25, -0.2) is 13.8 Å². The van der Waals surface area contributed by atoms with Gasteiger partial charge in [-0.3, -0.25) is 0 Å². The fourth-order valence-corrected chi connectivity index (χ4v) is 3.37. The van der Waals surface area contributed by atoms with Crippen molar-refractivity contribution in [1.82, 2.24) is 24.8 Å². The quantitative estimate of drug-likeness (QED) is 0.464. The number of alkyl halides is 5. The van der Waals surface area contributed by atoms with E-state index < -0.39 is 24.0 Å². The van der Waals surface area contributed by atoms with Crippen LogP contribution in [0.4, 0.5) is 27.8 Å². The summed E-state index contributed by atoms with van der Waals surface area (Å²) in [5, 5.41) is 16.3. The van der Waals surface area contributed by atoms with Gasteiger partial charge in [0.2, 0.25) is 5.82 Å². The molecule has 0 atom stereocenters. The van der Waals surface area contributed by atoms with Gasteiger partial charge >= 0.3 is 6.18 Å². The molecule has 150 valence electrons. The molecule has 0 bridgehead atoms. The number of anilines is 1. The number of benzene rings is 1. The van der Waals surface area contributed by atoms with Gasteiger partial charge in [0.1, 0.15) is 10.8 Å². The van der Waals surface area contributed by atoms with Crippen LogP contribution in [-0.2, 0) is 12.7 Å². The van der Waals surface area contributed by atoms with Crippen molar-refractivity contribution in [3.63, 3.8) is 0 Å². The smallest absolute Gasteiger partial charge is 0.363 e. The second-order valence-electron chi connectivity index (χ2n) is 5.92. The van der Waals surface area contributed by atoms with Crippen molar-refractivity contribution in [3.8, 4) is 10.6 Å². The predicted octanol–water partition coefficient (Wildman–Crippen LogP) is 4.82. The van der Waals surface area contributed by atoms with E-state index in [1.54, 1.807) is 11.4 Å². The number of thiazole rings is 1. The van der Waals surface area contributed by atoms with E-state index in [2.05, 4.69) is 25.6 Å². The highest BCUT2D eigenvalue weighted by Gasteiger charge is 2.30. The summed E-state index contributed by atoms with van der Waals surface area (Å²) in [4.78, 5) is 4.38. The summed E-state index contributed by atoms with van der Waals surface area (Å²) < 4.78 is 64.8. The minimum Gasteiger partial charge on any atom is -0.363 e. The molecule has 0 aliphatic rings. The predicted molar refractivity (Wildman–Crippen MR) is 95.6 cm³/mol. The first-order valence-corrected chi connectivity index (χ1v) is 9.05.